The predicted octanol–water partition coefficient (Wildman–Crippen LogP) is 2.83. The highest BCUT2D eigenvalue weighted by Gasteiger charge is 2.11. The molecule has 18 heavy (non-hydrogen) atoms. The number of hydrogen-bond donors (Lipinski definition) is 1. The monoisotopic (exact) mass is 284 g/mol. The van der Waals surface area contributed by atoms with E-state index in [0.717, 1.165) is 0 Å². The van der Waals surface area contributed by atoms with E-state index in [2.05, 4.69) is 15.0 Å². The Morgan fingerprint density at radius 3 is 2.72 bits per heavy atom. The quantitative estimate of drug-likeness (QED) is 0.938. The number of rotatable bonds is 3. The third kappa shape index (κ3) is 2.80. The Morgan fingerprint density at radius 1 is 1.22 bits per heavy atom. The molecule has 1 aromatic carbocycles. The average Bonchev–Trinajstić information content (AvgIpc) is 2.32. The van der Waals surface area contributed by atoms with Crippen LogP contribution in [0.3, 0.4) is 0 Å². The first-order chi connectivity index (χ1) is 8.60. The van der Waals surface area contributed by atoms with Crippen LogP contribution in [0.1, 0.15) is 6.92 Å². The number of ether oxygens (including phenoxy) is 1. The van der Waals surface area contributed by atoms with Gasteiger partial charge in [0.1, 0.15) is 0 Å². The Hall–Kier alpha value is -1.59. The van der Waals surface area contributed by atoms with Crippen LogP contribution >= 0.6 is 23.2 Å². The van der Waals surface area contributed by atoms with Crippen molar-refractivity contribution in [2.45, 2.75) is 6.92 Å². The third-order valence-electron chi connectivity index (χ3n) is 2.07. The van der Waals surface area contributed by atoms with E-state index in [1.165, 1.54) is 0 Å². The van der Waals surface area contributed by atoms with Crippen molar-refractivity contribution in [1.82, 2.24) is 15.0 Å². The summed E-state index contributed by atoms with van der Waals surface area (Å²) in [6, 6.07) is 5.17. The Bertz CT molecular complexity index is 577. The van der Waals surface area contributed by atoms with E-state index in [4.69, 9.17) is 33.7 Å². The molecule has 2 N–H and O–H groups in total. The molecular formula is C11H10Cl2N4O. The average molecular weight is 285 g/mol. The summed E-state index contributed by atoms with van der Waals surface area (Å²) in [4.78, 5) is 12.0. The molecule has 0 amide bonds. The van der Waals surface area contributed by atoms with E-state index in [-0.39, 0.29) is 12.0 Å². The zero-order valence-electron chi connectivity index (χ0n) is 9.52. The van der Waals surface area contributed by atoms with Gasteiger partial charge in [-0.3, -0.25) is 0 Å². The van der Waals surface area contributed by atoms with Crippen LogP contribution in [0.2, 0.25) is 10.0 Å². The van der Waals surface area contributed by atoms with Crippen molar-refractivity contribution < 1.29 is 4.74 Å². The number of nitrogen functional groups attached to an aromatic ring is 1. The first-order valence-electron chi connectivity index (χ1n) is 5.20. The van der Waals surface area contributed by atoms with E-state index in [0.29, 0.717) is 28.0 Å². The van der Waals surface area contributed by atoms with Crippen LogP contribution in [0.4, 0.5) is 5.95 Å². The summed E-state index contributed by atoms with van der Waals surface area (Å²) in [6.07, 6.45) is 0. The highest BCUT2D eigenvalue weighted by atomic mass is 35.5. The zero-order valence-corrected chi connectivity index (χ0v) is 11.0. The largest absolute Gasteiger partial charge is 0.464 e. The van der Waals surface area contributed by atoms with Gasteiger partial charge in [0.2, 0.25) is 5.95 Å². The van der Waals surface area contributed by atoms with E-state index in [1.54, 1.807) is 18.2 Å². The second-order valence-corrected chi connectivity index (χ2v) is 4.20. The summed E-state index contributed by atoms with van der Waals surface area (Å²) >= 11 is 12.0. The smallest absolute Gasteiger partial charge is 0.321 e. The lowest BCUT2D eigenvalue weighted by Gasteiger charge is -2.06. The Balaban J connectivity index is 2.52. The Kier molecular flexibility index (Phi) is 3.84. The first kappa shape index (κ1) is 12.9. The van der Waals surface area contributed by atoms with Gasteiger partial charge in [-0.15, -0.1) is 0 Å². The summed E-state index contributed by atoms with van der Waals surface area (Å²) in [5, 5.41) is 1.01. The highest BCUT2D eigenvalue weighted by Crippen LogP contribution is 2.29. The maximum Gasteiger partial charge on any atom is 0.321 e. The van der Waals surface area contributed by atoms with Gasteiger partial charge >= 0.3 is 6.01 Å². The van der Waals surface area contributed by atoms with Gasteiger partial charge in [0.05, 0.1) is 11.6 Å². The van der Waals surface area contributed by atoms with Crippen molar-refractivity contribution >= 4 is 29.2 Å². The molecule has 94 valence electrons. The lowest BCUT2D eigenvalue weighted by Crippen LogP contribution is -2.04. The van der Waals surface area contributed by atoms with Crippen LogP contribution in [-0.4, -0.2) is 21.6 Å². The third-order valence-corrected chi connectivity index (χ3v) is 2.64. The number of hydrogen-bond acceptors (Lipinski definition) is 5. The van der Waals surface area contributed by atoms with Crippen molar-refractivity contribution in [3.05, 3.63) is 28.2 Å². The molecule has 1 heterocycles. The van der Waals surface area contributed by atoms with Gasteiger partial charge < -0.3 is 10.5 Å². The second-order valence-electron chi connectivity index (χ2n) is 3.36. The molecule has 2 aromatic rings. The maximum atomic E-state index is 6.07. The highest BCUT2D eigenvalue weighted by molar-refractivity contribution is 6.35. The van der Waals surface area contributed by atoms with Crippen molar-refractivity contribution in [1.29, 1.82) is 0 Å². The molecule has 2 rings (SSSR count). The first-order valence-corrected chi connectivity index (χ1v) is 5.95. The van der Waals surface area contributed by atoms with Crippen molar-refractivity contribution in [3.63, 3.8) is 0 Å². The molecule has 0 saturated carbocycles. The molecule has 0 aliphatic carbocycles. The number of halogens is 2. The normalized spacial score (nSPS) is 10.4. The molecule has 0 aliphatic heterocycles. The minimum Gasteiger partial charge on any atom is -0.464 e. The molecule has 0 fully saturated rings. The Morgan fingerprint density at radius 2 is 2.00 bits per heavy atom. The molecule has 0 saturated heterocycles. The van der Waals surface area contributed by atoms with Crippen molar-refractivity contribution in [2.75, 3.05) is 12.3 Å². The second kappa shape index (κ2) is 5.37. The molecule has 7 heteroatoms. The lowest BCUT2D eigenvalue weighted by atomic mass is 10.2. The van der Waals surface area contributed by atoms with E-state index >= 15 is 0 Å². The standard InChI is InChI=1S/C11H10Cl2N4O/c1-2-18-11-16-9(15-10(14)17-11)7-5-6(12)3-4-8(7)13/h3-5H,2H2,1H3,(H2,14,15,16,17). The topological polar surface area (TPSA) is 73.9 Å². The van der Waals surface area contributed by atoms with Gasteiger partial charge in [0.15, 0.2) is 5.82 Å². The van der Waals surface area contributed by atoms with Gasteiger partial charge in [-0.05, 0) is 25.1 Å². The Labute approximate surface area is 114 Å². The van der Waals surface area contributed by atoms with Crippen molar-refractivity contribution in [2.24, 2.45) is 0 Å². The number of aromatic nitrogens is 3. The molecule has 1 aromatic heterocycles. The zero-order chi connectivity index (χ0) is 13.1. The summed E-state index contributed by atoms with van der Waals surface area (Å²) in [7, 11) is 0. The van der Waals surface area contributed by atoms with Gasteiger partial charge in [-0.2, -0.15) is 15.0 Å². The lowest BCUT2D eigenvalue weighted by molar-refractivity contribution is 0.312. The number of nitrogens with zero attached hydrogens (tertiary/aromatic N) is 3. The molecule has 0 spiro atoms. The number of benzene rings is 1. The van der Waals surface area contributed by atoms with Crippen LogP contribution in [0.5, 0.6) is 6.01 Å². The van der Waals surface area contributed by atoms with Gasteiger partial charge in [0.25, 0.3) is 0 Å². The molecule has 0 radical (unpaired) electrons. The minimum absolute atomic E-state index is 0.0690. The molecule has 0 aliphatic rings. The van der Waals surface area contributed by atoms with Gasteiger partial charge in [0, 0.05) is 10.6 Å². The number of nitrogens with two attached hydrogens (primary N) is 1. The van der Waals surface area contributed by atoms with Crippen LogP contribution < -0.4 is 10.5 Å². The summed E-state index contributed by atoms with van der Waals surface area (Å²) in [6.45, 7) is 2.26. The van der Waals surface area contributed by atoms with Crippen LogP contribution in [0.15, 0.2) is 18.2 Å². The molecular weight excluding hydrogens is 275 g/mol. The summed E-state index contributed by atoms with van der Waals surface area (Å²) < 4.78 is 5.20. The summed E-state index contributed by atoms with van der Waals surface area (Å²) in [5.74, 6) is 0.401. The van der Waals surface area contributed by atoms with Crippen LogP contribution in [-0.2, 0) is 0 Å². The van der Waals surface area contributed by atoms with E-state index in [1.807, 2.05) is 6.92 Å². The van der Waals surface area contributed by atoms with E-state index in [9.17, 15) is 0 Å². The predicted molar refractivity (Wildman–Crippen MR) is 70.9 cm³/mol. The molecule has 0 bridgehead atoms. The number of anilines is 1. The van der Waals surface area contributed by atoms with Crippen molar-refractivity contribution in [3.8, 4) is 17.4 Å². The van der Waals surface area contributed by atoms with E-state index < -0.39 is 0 Å². The fourth-order valence-electron chi connectivity index (χ4n) is 1.36. The van der Waals surface area contributed by atoms with Crippen LogP contribution in [0, 0.1) is 0 Å². The summed E-state index contributed by atoms with van der Waals surface area (Å²) in [5.41, 5.74) is 6.18. The molecule has 0 unspecified atom stereocenters. The molecule has 5 nitrogen and oxygen atoms in total. The fraction of sp³-hybridized carbons (Fsp3) is 0.182. The minimum atomic E-state index is 0.0690. The fourth-order valence-corrected chi connectivity index (χ4v) is 1.73. The SMILES string of the molecule is CCOc1nc(N)nc(-c2cc(Cl)ccc2Cl)n1. The van der Waals surface area contributed by atoms with Crippen LogP contribution in [0.25, 0.3) is 11.4 Å². The maximum absolute atomic E-state index is 6.07. The van der Waals surface area contributed by atoms with Gasteiger partial charge in [-0.1, -0.05) is 23.2 Å². The molecule has 0 atom stereocenters. The van der Waals surface area contributed by atoms with Gasteiger partial charge in [-0.25, -0.2) is 0 Å².